The smallest absolute Gasteiger partial charge is 0.299 e. The predicted molar refractivity (Wildman–Crippen MR) is 110 cm³/mol. The number of hydrogen-bond donors (Lipinski definition) is 2. The molecule has 1 heterocycles. The Morgan fingerprint density at radius 1 is 0.897 bits per heavy atom. The first-order chi connectivity index (χ1) is 14.2. The number of hydrazine groups is 1. The van der Waals surface area contributed by atoms with E-state index in [1.54, 1.807) is 16.8 Å². The van der Waals surface area contributed by atoms with Gasteiger partial charge in [-0.05, 0) is 35.9 Å². The quantitative estimate of drug-likeness (QED) is 0.610. The number of hydrogen-bond acceptors (Lipinski definition) is 4. The lowest BCUT2D eigenvalue weighted by atomic mass is 10.1. The van der Waals surface area contributed by atoms with Crippen molar-refractivity contribution in [1.29, 1.82) is 0 Å². The number of carbonyl (C=O) groups is 1. The van der Waals surface area contributed by atoms with Crippen LogP contribution in [0, 0.1) is 0 Å². The molecule has 3 aromatic carbocycles. The summed E-state index contributed by atoms with van der Waals surface area (Å²) < 4.78 is 12.9. The maximum atomic E-state index is 12.2. The van der Waals surface area contributed by atoms with Gasteiger partial charge < -0.3 is 9.47 Å². The van der Waals surface area contributed by atoms with Gasteiger partial charge in [-0.2, -0.15) is 10.1 Å². The highest BCUT2D eigenvalue weighted by atomic mass is 16.5. The van der Waals surface area contributed by atoms with E-state index in [2.05, 4.69) is 5.43 Å². The molecule has 146 valence electrons. The van der Waals surface area contributed by atoms with E-state index in [-0.39, 0.29) is 12.5 Å². The molecule has 29 heavy (non-hydrogen) atoms. The van der Waals surface area contributed by atoms with E-state index in [9.17, 15) is 4.79 Å². The Kier molecular flexibility index (Phi) is 5.42. The fraction of sp³-hybridized carbons (Fsp3) is 0.130. The minimum atomic E-state index is -0.273. The average molecular weight is 388 g/mol. The molecule has 1 aliphatic heterocycles. The Labute approximate surface area is 169 Å². The number of amidine groups is 1. The van der Waals surface area contributed by atoms with Gasteiger partial charge in [0.15, 0.2) is 6.61 Å². The summed E-state index contributed by atoms with van der Waals surface area (Å²) in [5.74, 6) is 1.59. The molecular formula is C23H22N3O3+. The standard InChI is InChI=1S/C23H21N3O3/c24-23-21-9-5-4-8-18(21)14-26(23)25-22(27)16-29-20-12-10-19(11-13-20)28-15-17-6-2-1-3-7-17/h1-13,24H,14-16H2,(H,25,27)/p+1. The normalized spacial score (nSPS) is 12.4. The Morgan fingerprint density at radius 3 is 2.28 bits per heavy atom. The molecule has 0 aromatic heterocycles. The van der Waals surface area contributed by atoms with Crippen molar-refractivity contribution >= 4 is 11.7 Å². The van der Waals surface area contributed by atoms with Crippen molar-refractivity contribution in [2.45, 2.75) is 13.2 Å². The maximum absolute atomic E-state index is 12.2. The molecule has 0 saturated heterocycles. The lowest BCUT2D eigenvalue weighted by Crippen LogP contribution is -2.40. The first-order valence-corrected chi connectivity index (χ1v) is 9.36. The van der Waals surface area contributed by atoms with Crippen LogP contribution in [0.3, 0.4) is 0 Å². The molecule has 0 bridgehead atoms. The van der Waals surface area contributed by atoms with Crippen molar-refractivity contribution in [3.63, 3.8) is 0 Å². The molecule has 6 heteroatoms. The van der Waals surface area contributed by atoms with E-state index in [4.69, 9.17) is 15.2 Å². The number of carbonyl (C=O) groups excluding carboxylic acids is 1. The zero-order chi connectivity index (χ0) is 20.1. The number of benzene rings is 3. The zero-order valence-corrected chi connectivity index (χ0v) is 15.9. The Morgan fingerprint density at radius 2 is 1.55 bits per heavy atom. The summed E-state index contributed by atoms with van der Waals surface area (Å²) in [4.78, 5) is 12.2. The molecule has 0 unspecified atom stereocenters. The molecule has 0 radical (unpaired) electrons. The van der Waals surface area contributed by atoms with Gasteiger partial charge in [0.2, 0.25) is 0 Å². The van der Waals surface area contributed by atoms with Gasteiger partial charge >= 0.3 is 0 Å². The first kappa shape index (κ1) is 18.6. The van der Waals surface area contributed by atoms with E-state index in [1.807, 2.05) is 66.7 Å². The number of amides is 1. The second-order valence-corrected chi connectivity index (χ2v) is 6.70. The van der Waals surface area contributed by atoms with Crippen LogP contribution in [0.4, 0.5) is 0 Å². The van der Waals surface area contributed by atoms with Crippen molar-refractivity contribution < 1.29 is 19.0 Å². The van der Waals surface area contributed by atoms with Crippen LogP contribution in [0.5, 0.6) is 11.5 Å². The number of hydrazone groups is 1. The molecule has 6 nitrogen and oxygen atoms in total. The molecular weight excluding hydrogens is 366 g/mol. The van der Waals surface area contributed by atoms with Crippen molar-refractivity contribution in [3.8, 4) is 11.5 Å². The zero-order valence-electron chi connectivity index (χ0n) is 15.9. The van der Waals surface area contributed by atoms with E-state index >= 15 is 0 Å². The van der Waals surface area contributed by atoms with E-state index in [0.717, 1.165) is 22.4 Å². The Hall–Kier alpha value is -3.80. The third-order valence-corrected chi connectivity index (χ3v) is 4.61. The maximum Gasteiger partial charge on any atom is 0.299 e. The van der Waals surface area contributed by atoms with Gasteiger partial charge in [-0.15, -0.1) is 0 Å². The first-order valence-electron chi connectivity index (χ1n) is 9.36. The highest BCUT2D eigenvalue weighted by molar-refractivity contribution is 5.96. The predicted octanol–water partition coefficient (Wildman–Crippen LogP) is 2.61. The summed E-state index contributed by atoms with van der Waals surface area (Å²) in [5, 5.41) is 0. The third kappa shape index (κ3) is 4.55. The fourth-order valence-electron chi connectivity index (χ4n) is 3.11. The lowest BCUT2D eigenvalue weighted by Gasteiger charge is -2.09. The number of nitrogens with zero attached hydrogens (tertiary/aromatic N) is 1. The number of fused-ring (bicyclic) bond motifs is 1. The molecule has 0 atom stereocenters. The summed E-state index contributed by atoms with van der Waals surface area (Å²) in [6.07, 6.45) is 0. The number of rotatable bonds is 7. The minimum absolute atomic E-state index is 0.107. The lowest BCUT2D eigenvalue weighted by molar-refractivity contribution is -0.586. The van der Waals surface area contributed by atoms with Crippen LogP contribution < -0.4 is 20.6 Å². The topological polar surface area (TPSA) is 76.6 Å². The van der Waals surface area contributed by atoms with Crippen LogP contribution in [-0.4, -0.2) is 23.0 Å². The highest BCUT2D eigenvalue weighted by Crippen LogP contribution is 2.19. The van der Waals surface area contributed by atoms with Crippen LogP contribution in [0.1, 0.15) is 16.7 Å². The molecule has 3 aromatic rings. The number of nitrogens with two attached hydrogens (primary N) is 1. The van der Waals surface area contributed by atoms with Gasteiger partial charge in [0, 0.05) is 5.56 Å². The van der Waals surface area contributed by atoms with Crippen molar-refractivity contribution in [1.82, 2.24) is 5.43 Å². The Balaban J connectivity index is 1.26. The van der Waals surface area contributed by atoms with Gasteiger partial charge in [0.25, 0.3) is 11.7 Å². The van der Waals surface area contributed by atoms with E-state index < -0.39 is 0 Å². The van der Waals surface area contributed by atoms with Crippen LogP contribution >= 0.6 is 0 Å². The van der Waals surface area contributed by atoms with Crippen molar-refractivity contribution in [3.05, 3.63) is 95.6 Å². The second-order valence-electron chi connectivity index (χ2n) is 6.70. The van der Waals surface area contributed by atoms with Crippen molar-refractivity contribution in [2.75, 3.05) is 6.61 Å². The SMILES string of the molecule is NC1=[N+](NC(=O)COc2ccc(OCc3ccccc3)cc2)Cc2ccccc21. The largest absolute Gasteiger partial charge is 0.489 e. The molecule has 0 saturated carbocycles. The molecule has 0 aliphatic carbocycles. The van der Waals surface area contributed by atoms with Crippen molar-refractivity contribution in [2.24, 2.45) is 5.73 Å². The third-order valence-electron chi connectivity index (χ3n) is 4.61. The average Bonchev–Trinajstić information content (AvgIpc) is 3.08. The molecule has 1 amide bonds. The van der Waals surface area contributed by atoms with Gasteiger partial charge in [0.1, 0.15) is 24.7 Å². The fourth-order valence-corrected chi connectivity index (χ4v) is 3.11. The number of ether oxygens (including phenoxy) is 2. The van der Waals surface area contributed by atoms with Gasteiger partial charge in [-0.1, -0.05) is 48.5 Å². The molecule has 0 fully saturated rings. The summed E-state index contributed by atoms with van der Waals surface area (Å²) in [5.41, 5.74) is 12.0. The van der Waals surface area contributed by atoms with Gasteiger partial charge in [-0.3, -0.25) is 10.5 Å². The minimum Gasteiger partial charge on any atom is -0.489 e. The van der Waals surface area contributed by atoms with Crippen LogP contribution in [-0.2, 0) is 17.9 Å². The van der Waals surface area contributed by atoms with E-state index in [0.29, 0.717) is 24.7 Å². The molecule has 3 N–H and O–H groups in total. The van der Waals surface area contributed by atoms with Gasteiger partial charge in [0.05, 0.1) is 5.56 Å². The highest BCUT2D eigenvalue weighted by Gasteiger charge is 2.25. The summed E-state index contributed by atoms with van der Waals surface area (Å²) >= 11 is 0. The van der Waals surface area contributed by atoms with E-state index in [1.165, 1.54) is 0 Å². The van der Waals surface area contributed by atoms with Crippen LogP contribution in [0.2, 0.25) is 0 Å². The van der Waals surface area contributed by atoms with Crippen LogP contribution in [0.25, 0.3) is 0 Å². The summed E-state index contributed by atoms with van der Waals surface area (Å²) in [6, 6.07) is 25.0. The number of nitrogens with one attached hydrogen (secondary N) is 1. The molecule has 4 rings (SSSR count). The Bertz CT molecular complexity index is 1030. The molecule has 1 aliphatic rings. The monoisotopic (exact) mass is 388 g/mol. The summed E-state index contributed by atoms with van der Waals surface area (Å²) in [7, 11) is 0. The van der Waals surface area contributed by atoms with Gasteiger partial charge in [-0.25, -0.2) is 0 Å². The van der Waals surface area contributed by atoms with Crippen LogP contribution in [0.15, 0.2) is 78.9 Å². The second kappa shape index (κ2) is 8.48. The molecule has 0 spiro atoms. The summed E-state index contributed by atoms with van der Waals surface area (Å²) in [6.45, 7) is 0.936.